The molecular weight excluding hydrogens is 162 g/mol. The Kier molecular flexibility index (Phi) is 3.16. The smallest absolute Gasteiger partial charge is 0.0462 e. The second kappa shape index (κ2) is 3.74. The van der Waals surface area contributed by atoms with Crippen LogP contribution in [-0.4, -0.2) is 24.3 Å². The first-order chi connectivity index (χ1) is 4.92. The molecule has 2 rings (SSSR count). The highest BCUT2D eigenvalue weighted by molar-refractivity contribution is 5.85. The van der Waals surface area contributed by atoms with Crippen LogP contribution in [0, 0.1) is 11.8 Å². The van der Waals surface area contributed by atoms with E-state index in [1.54, 1.807) is 0 Å². The Labute approximate surface area is 73.8 Å². The van der Waals surface area contributed by atoms with Crippen LogP contribution in [0.3, 0.4) is 0 Å². The van der Waals surface area contributed by atoms with E-state index in [1.165, 1.54) is 19.3 Å². The minimum atomic E-state index is 0. The number of piperidine rings is 1. The molecular formula is C8H16ClNO. The van der Waals surface area contributed by atoms with Gasteiger partial charge in [0, 0.05) is 12.6 Å². The van der Waals surface area contributed by atoms with Gasteiger partial charge in [0.25, 0.3) is 0 Å². The second-order valence-electron chi connectivity index (χ2n) is 3.53. The fourth-order valence-electron chi connectivity index (χ4n) is 2.24. The fourth-order valence-corrected chi connectivity index (χ4v) is 2.24. The summed E-state index contributed by atoms with van der Waals surface area (Å²) in [7, 11) is 0. The average Bonchev–Trinajstić information content (AvgIpc) is 1.91. The van der Waals surface area contributed by atoms with Crippen LogP contribution in [0.25, 0.3) is 0 Å². The van der Waals surface area contributed by atoms with Crippen LogP contribution < -0.4 is 5.32 Å². The zero-order valence-electron chi connectivity index (χ0n) is 6.62. The van der Waals surface area contributed by atoms with Gasteiger partial charge in [-0.1, -0.05) is 0 Å². The lowest BCUT2D eigenvalue weighted by molar-refractivity contribution is 0.0510. The number of rotatable bonds is 1. The Hall–Kier alpha value is 0.210. The van der Waals surface area contributed by atoms with Gasteiger partial charge < -0.3 is 10.4 Å². The fraction of sp³-hybridized carbons (Fsp3) is 1.00. The molecule has 0 aromatic rings. The van der Waals surface area contributed by atoms with Crippen molar-refractivity contribution >= 4 is 12.4 Å². The zero-order chi connectivity index (χ0) is 6.97. The summed E-state index contributed by atoms with van der Waals surface area (Å²) in [5.41, 5.74) is 0. The Morgan fingerprint density at radius 1 is 1.27 bits per heavy atom. The van der Waals surface area contributed by atoms with Crippen LogP contribution >= 0.6 is 12.4 Å². The topological polar surface area (TPSA) is 32.3 Å². The molecule has 2 aliphatic rings. The van der Waals surface area contributed by atoms with Gasteiger partial charge in [0.15, 0.2) is 0 Å². The number of aliphatic hydroxyl groups excluding tert-OH is 1. The molecule has 2 N–H and O–H groups in total. The summed E-state index contributed by atoms with van der Waals surface area (Å²) in [6, 6.07) is 0.755. The third-order valence-corrected chi connectivity index (χ3v) is 3.09. The summed E-state index contributed by atoms with van der Waals surface area (Å²) in [6.07, 6.45) is 3.85. The lowest BCUT2D eigenvalue weighted by Crippen LogP contribution is -2.53. The van der Waals surface area contributed by atoms with Crippen LogP contribution in [-0.2, 0) is 0 Å². The molecule has 1 saturated carbocycles. The Morgan fingerprint density at radius 3 is 2.55 bits per heavy atom. The van der Waals surface area contributed by atoms with Crippen molar-refractivity contribution < 1.29 is 5.11 Å². The van der Waals surface area contributed by atoms with Gasteiger partial charge in [-0.15, -0.1) is 12.4 Å². The molecule has 3 atom stereocenters. The molecule has 1 aliphatic carbocycles. The van der Waals surface area contributed by atoms with E-state index in [-0.39, 0.29) is 12.4 Å². The highest BCUT2D eigenvalue weighted by Crippen LogP contribution is 2.37. The summed E-state index contributed by atoms with van der Waals surface area (Å²) in [5.74, 6) is 1.42. The molecule has 0 bridgehead atoms. The van der Waals surface area contributed by atoms with Crippen molar-refractivity contribution in [3.8, 4) is 0 Å². The largest absolute Gasteiger partial charge is 0.396 e. The van der Waals surface area contributed by atoms with Crippen LogP contribution in [0.5, 0.6) is 0 Å². The van der Waals surface area contributed by atoms with Crippen molar-refractivity contribution in [2.75, 3.05) is 13.2 Å². The molecule has 1 heterocycles. The summed E-state index contributed by atoms with van der Waals surface area (Å²) in [4.78, 5) is 0. The van der Waals surface area contributed by atoms with Crippen LogP contribution in [0.2, 0.25) is 0 Å². The number of hydrogen-bond donors (Lipinski definition) is 2. The van der Waals surface area contributed by atoms with E-state index in [0.29, 0.717) is 12.5 Å². The zero-order valence-corrected chi connectivity index (χ0v) is 7.44. The molecule has 1 saturated heterocycles. The molecule has 0 spiro atoms. The summed E-state index contributed by atoms with van der Waals surface area (Å²) in [6.45, 7) is 1.52. The normalized spacial score (nSPS) is 41.7. The second-order valence-corrected chi connectivity index (χ2v) is 3.53. The van der Waals surface area contributed by atoms with Crippen LogP contribution in [0.15, 0.2) is 0 Å². The molecule has 0 aromatic carbocycles. The molecule has 0 radical (unpaired) electrons. The minimum absolute atomic E-state index is 0. The van der Waals surface area contributed by atoms with Crippen LogP contribution in [0.4, 0.5) is 0 Å². The summed E-state index contributed by atoms with van der Waals surface area (Å²) < 4.78 is 0. The third-order valence-electron chi connectivity index (χ3n) is 3.09. The van der Waals surface area contributed by atoms with E-state index >= 15 is 0 Å². The predicted molar refractivity (Wildman–Crippen MR) is 47.0 cm³/mol. The van der Waals surface area contributed by atoms with E-state index in [1.807, 2.05) is 0 Å². The SMILES string of the molecule is Cl.OCC1CCNC2CCC12. The van der Waals surface area contributed by atoms with E-state index in [9.17, 15) is 0 Å². The number of fused-ring (bicyclic) bond motifs is 1. The molecule has 1 aliphatic heterocycles. The van der Waals surface area contributed by atoms with Gasteiger partial charge in [-0.25, -0.2) is 0 Å². The van der Waals surface area contributed by atoms with Gasteiger partial charge >= 0.3 is 0 Å². The predicted octanol–water partition coefficient (Wildman–Crippen LogP) is 0.789. The minimum Gasteiger partial charge on any atom is -0.396 e. The number of nitrogens with one attached hydrogen (secondary N) is 1. The van der Waals surface area contributed by atoms with Crippen molar-refractivity contribution in [1.82, 2.24) is 5.32 Å². The number of hydrogen-bond acceptors (Lipinski definition) is 2. The quantitative estimate of drug-likeness (QED) is 0.621. The van der Waals surface area contributed by atoms with Crippen molar-refractivity contribution in [2.24, 2.45) is 11.8 Å². The maximum Gasteiger partial charge on any atom is 0.0462 e. The van der Waals surface area contributed by atoms with Gasteiger partial charge in [0.1, 0.15) is 0 Å². The molecule has 3 unspecified atom stereocenters. The maximum absolute atomic E-state index is 8.99. The van der Waals surface area contributed by atoms with Crippen molar-refractivity contribution in [3.05, 3.63) is 0 Å². The Bertz CT molecular complexity index is 129. The lowest BCUT2D eigenvalue weighted by Gasteiger charge is -2.46. The monoisotopic (exact) mass is 177 g/mol. The van der Waals surface area contributed by atoms with E-state index in [0.717, 1.165) is 18.5 Å². The molecule has 2 nitrogen and oxygen atoms in total. The Balaban J connectivity index is 0.000000605. The average molecular weight is 178 g/mol. The van der Waals surface area contributed by atoms with Crippen molar-refractivity contribution in [1.29, 1.82) is 0 Å². The molecule has 0 aromatic heterocycles. The highest BCUT2D eigenvalue weighted by Gasteiger charge is 2.38. The third kappa shape index (κ3) is 1.53. The molecule has 0 amide bonds. The summed E-state index contributed by atoms with van der Waals surface area (Å²) >= 11 is 0. The summed E-state index contributed by atoms with van der Waals surface area (Å²) in [5, 5.41) is 12.5. The van der Waals surface area contributed by atoms with Crippen molar-refractivity contribution in [3.63, 3.8) is 0 Å². The Morgan fingerprint density at radius 2 is 2.09 bits per heavy atom. The molecule has 3 heteroatoms. The van der Waals surface area contributed by atoms with Gasteiger partial charge in [0.05, 0.1) is 0 Å². The molecule has 2 fully saturated rings. The maximum atomic E-state index is 8.99. The first-order valence-electron chi connectivity index (χ1n) is 4.26. The van der Waals surface area contributed by atoms with Gasteiger partial charge in [-0.2, -0.15) is 0 Å². The van der Waals surface area contributed by atoms with Crippen molar-refractivity contribution in [2.45, 2.75) is 25.3 Å². The first kappa shape index (κ1) is 9.30. The van der Waals surface area contributed by atoms with Gasteiger partial charge in [-0.05, 0) is 37.6 Å². The van der Waals surface area contributed by atoms with Gasteiger partial charge in [0.2, 0.25) is 0 Å². The molecule has 11 heavy (non-hydrogen) atoms. The number of aliphatic hydroxyl groups is 1. The number of halogens is 1. The first-order valence-corrected chi connectivity index (χ1v) is 4.26. The van der Waals surface area contributed by atoms with Gasteiger partial charge in [-0.3, -0.25) is 0 Å². The van der Waals surface area contributed by atoms with E-state index < -0.39 is 0 Å². The van der Waals surface area contributed by atoms with E-state index in [4.69, 9.17) is 5.11 Å². The molecule has 66 valence electrons. The van der Waals surface area contributed by atoms with Crippen LogP contribution in [0.1, 0.15) is 19.3 Å². The lowest BCUT2D eigenvalue weighted by atomic mass is 9.68. The van der Waals surface area contributed by atoms with E-state index in [2.05, 4.69) is 5.32 Å². The standard InChI is InChI=1S/C8H15NO.ClH/c10-5-6-3-4-9-8-2-1-7(6)8;/h6-10H,1-5H2;1H. The highest BCUT2D eigenvalue weighted by atomic mass is 35.5.